The molecular weight excluding hydrogens is 202 g/mol. The van der Waals surface area contributed by atoms with E-state index < -0.39 is 0 Å². The molecule has 0 saturated carbocycles. The first-order valence-electron chi connectivity index (χ1n) is 5.17. The Morgan fingerprint density at radius 1 is 1.12 bits per heavy atom. The van der Waals surface area contributed by atoms with Crippen LogP contribution < -0.4 is 5.73 Å². The van der Waals surface area contributed by atoms with Gasteiger partial charge in [0.25, 0.3) is 0 Å². The second kappa shape index (κ2) is 4.77. The Labute approximate surface area is 93.9 Å². The molecule has 1 aromatic heterocycles. The van der Waals surface area contributed by atoms with Crippen LogP contribution in [0.3, 0.4) is 0 Å². The molecule has 0 aliphatic heterocycles. The van der Waals surface area contributed by atoms with Gasteiger partial charge in [0.2, 0.25) is 0 Å². The average molecular weight is 215 g/mol. The highest BCUT2D eigenvalue weighted by molar-refractivity contribution is 6.08. The van der Waals surface area contributed by atoms with E-state index in [2.05, 4.69) is 0 Å². The van der Waals surface area contributed by atoms with E-state index in [1.165, 1.54) is 12.5 Å². The summed E-state index contributed by atoms with van der Waals surface area (Å²) in [6, 6.07) is 9.16. The Balaban J connectivity index is 2.19. The number of carbonyl (C=O) groups is 1. The minimum absolute atomic E-state index is 0.0203. The van der Waals surface area contributed by atoms with E-state index in [9.17, 15) is 4.79 Å². The monoisotopic (exact) mass is 215 g/mol. The fourth-order valence-corrected chi connectivity index (χ4v) is 1.55. The molecule has 0 saturated heterocycles. The van der Waals surface area contributed by atoms with E-state index in [-0.39, 0.29) is 5.78 Å². The lowest BCUT2D eigenvalue weighted by molar-refractivity contribution is 0.103. The molecule has 2 aromatic rings. The van der Waals surface area contributed by atoms with Gasteiger partial charge < -0.3 is 10.2 Å². The highest BCUT2D eigenvalue weighted by Crippen LogP contribution is 2.11. The summed E-state index contributed by atoms with van der Waals surface area (Å²) in [7, 11) is 0. The van der Waals surface area contributed by atoms with Gasteiger partial charge in [0.05, 0.1) is 11.8 Å². The Bertz CT molecular complexity index is 457. The predicted octanol–water partition coefficient (Wildman–Crippen LogP) is 2.01. The summed E-state index contributed by atoms with van der Waals surface area (Å²) in [5.41, 5.74) is 7.85. The minimum Gasteiger partial charge on any atom is -0.472 e. The zero-order chi connectivity index (χ0) is 11.4. The molecule has 16 heavy (non-hydrogen) atoms. The van der Waals surface area contributed by atoms with Crippen molar-refractivity contribution < 1.29 is 9.21 Å². The summed E-state index contributed by atoms with van der Waals surface area (Å²) in [5, 5.41) is 0. The highest BCUT2D eigenvalue weighted by Gasteiger charge is 2.09. The molecule has 1 heterocycles. The van der Waals surface area contributed by atoms with Crippen molar-refractivity contribution in [3.05, 3.63) is 59.5 Å². The van der Waals surface area contributed by atoms with Crippen LogP contribution in [0.15, 0.2) is 47.3 Å². The van der Waals surface area contributed by atoms with Crippen LogP contribution in [0.25, 0.3) is 0 Å². The van der Waals surface area contributed by atoms with E-state index in [4.69, 9.17) is 10.2 Å². The van der Waals surface area contributed by atoms with Gasteiger partial charge >= 0.3 is 0 Å². The molecule has 2 rings (SSSR count). The Kier molecular flexibility index (Phi) is 3.17. The maximum atomic E-state index is 11.9. The average Bonchev–Trinajstić information content (AvgIpc) is 2.83. The largest absolute Gasteiger partial charge is 0.472 e. The van der Waals surface area contributed by atoms with Crippen LogP contribution in [0.5, 0.6) is 0 Å². The lowest BCUT2D eigenvalue weighted by atomic mass is 10.0. The van der Waals surface area contributed by atoms with Gasteiger partial charge in [-0.25, -0.2) is 0 Å². The summed E-state index contributed by atoms with van der Waals surface area (Å²) in [5.74, 6) is -0.0203. The number of benzene rings is 1. The van der Waals surface area contributed by atoms with Gasteiger partial charge in [-0.1, -0.05) is 24.3 Å². The number of nitrogens with two attached hydrogens (primary N) is 1. The molecule has 0 bridgehead atoms. The van der Waals surface area contributed by atoms with Crippen molar-refractivity contribution >= 4 is 5.78 Å². The van der Waals surface area contributed by atoms with E-state index >= 15 is 0 Å². The van der Waals surface area contributed by atoms with Crippen molar-refractivity contribution in [1.82, 2.24) is 0 Å². The summed E-state index contributed by atoms with van der Waals surface area (Å²) in [4.78, 5) is 11.9. The van der Waals surface area contributed by atoms with Crippen LogP contribution >= 0.6 is 0 Å². The molecule has 0 aliphatic carbocycles. The summed E-state index contributed by atoms with van der Waals surface area (Å²) in [6.07, 6.45) is 3.78. The molecule has 2 N–H and O–H groups in total. The van der Waals surface area contributed by atoms with Gasteiger partial charge in [-0.15, -0.1) is 0 Å². The van der Waals surface area contributed by atoms with Crippen molar-refractivity contribution in [2.75, 3.05) is 6.54 Å². The van der Waals surface area contributed by atoms with Crippen LogP contribution in [0.1, 0.15) is 21.5 Å². The highest BCUT2D eigenvalue weighted by atomic mass is 16.3. The zero-order valence-electron chi connectivity index (χ0n) is 8.85. The first kappa shape index (κ1) is 10.6. The summed E-state index contributed by atoms with van der Waals surface area (Å²) >= 11 is 0. The smallest absolute Gasteiger partial charge is 0.196 e. The predicted molar refractivity (Wildman–Crippen MR) is 61.3 cm³/mol. The van der Waals surface area contributed by atoms with Crippen LogP contribution in [-0.4, -0.2) is 12.3 Å². The normalized spacial score (nSPS) is 10.3. The molecule has 3 nitrogen and oxygen atoms in total. The lowest BCUT2D eigenvalue weighted by Crippen LogP contribution is -2.04. The van der Waals surface area contributed by atoms with Crippen LogP contribution in [-0.2, 0) is 6.42 Å². The second-order valence-electron chi connectivity index (χ2n) is 3.58. The van der Waals surface area contributed by atoms with Crippen molar-refractivity contribution in [2.45, 2.75) is 6.42 Å². The van der Waals surface area contributed by atoms with E-state index in [1.807, 2.05) is 24.3 Å². The maximum absolute atomic E-state index is 11.9. The van der Waals surface area contributed by atoms with Gasteiger partial charge in [0.15, 0.2) is 5.78 Å². The third kappa shape index (κ3) is 2.20. The molecule has 0 amide bonds. The number of rotatable bonds is 4. The van der Waals surface area contributed by atoms with Gasteiger partial charge in [0.1, 0.15) is 6.26 Å². The molecule has 1 aromatic carbocycles. The van der Waals surface area contributed by atoms with E-state index in [0.717, 1.165) is 12.0 Å². The third-order valence-electron chi connectivity index (χ3n) is 2.43. The fourth-order valence-electron chi connectivity index (χ4n) is 1.55. The van der Waals surface area contributed by atoms with E-state index in [0.29, 0.717) is 17.7 Å². The van der Waals surface area contributed by atoms with Crippen molar-refractivity contribution in [3.8, 4) is 0 Å². The Morgan fingerprint density at radius 3 is 2.44 bits per heavy atom. The lowest BCUT2D eigenvalue weighted by Gasteiger charge is -2.01. The third-order valence-corrected chi connectivity index (χ3v) is 2.43. The summed E-state index contributed by atoms with van der Waals surface area (Å²) < 4.78 is 4.88. The van der Waals surface area contributed by atoms with Gasteiger partial charge in [-0.05, 0) is 24.6 Å². The molecule has 0 aliphatic rings. The Hall–Kier alpha value is -1.87. The van der Waals surface area contributed by atoms with Gasteiger partial charge in [-0.3, -0.25) is 4.79 Å². The van der Waals surface area contributed by atoms with Crippen molar-refractivity contribution in [2.24, 2.45) is 5.73 Å². The standard InChI is InChI=1S/C13H13NO2/c14-7-5-10-1-3-11(4-2-10)13(15)12-6-8-16-9-12/h1-4,6,8-9H,5,7,14H2. The maximum Gasteiger partial charge on any atom is 0.196 e. The number of carbonyl (C=O) groups excluding carboxylic acids is 1. The molecule has 0 atom stereocenters. The van der Waals surface area contributed by atoms with Crippen LogP contribution in [0.4, 0.5) is 0 Å². The molecule has 3 heteroatoms. The van der Waals surface area contributed by atoms with Crippen LogP contribution in [0.2, 0.25) is 0 Å². The summed E-state index contributed by atoms with van der Waals surface area (Å²) in [6.45, 7) is 0.620. The van der Waals surface area contributed by atoms with Crippen LogP contribution in [0, 0.1) is 0 Å². The first-order valence-corrected chi connectivity index (χ1v) is 5.17. The molecule has 82 valence electrons. The fraction of sp³-hybridized carbons (Fsp3) is 0.154. The molecular formula is C13H13NO2. The number of furan rings is 1. The minimum atomic E-state index is -0.0203. The second-order valence-corrected chi connectivity index (χ2v) is 3.58. The topological polar surface area (TPSA) is 56.2 Å². The van der Waals surface area contributed by atoms with Crippen molar-refractivity contribution in [3.63, 3.8) is 0 Å². The molecule has 0 unspecified atom stereocenters. The Morgan fingerprint density at radius 2 is 1.88 bits per heavy atom. The molecule has 0 fully saturated rings. The quantitative estimate of drug-likeness (QED) is 0.794. The number of hydrogen-bond donors (Lipinski definition) is 1. The molecule has 0 spiro atoms. The zero-order valence-corrected chi connectivity index (χ0v) is 8.85. The SMILES string of the molecule is NCCc1ccc(C(=O)c2ccoc2)cc1. The van der Waals surface area contributed by atoms with E-state index in [1.54, 1.807) is 6.07 Å². The first-order chi connectivity index (χ1) is 7.81. The molecule has 0 radical (unpaired) electrons. The number of ketones is 1. The van der Waals surface area contributed by atoms with Gasteiger partial charge in [0, 0.05) is 5.56 Å². The van der Waals surface area contributed by atoms with Crippen molar-refractivity contribution in [1.29, 1.82) is 0 Å². The van der Waals surface area contributed by atoms with Gasteiger partial charge in [-0.2, -0.15) is 0 Å². The number of hydrogen-bond acceptors (Lipinski definition) is 3.